The molecule has 3 aromatic heterocycles. The minimum atomic E-state index is 0.723. The van der Waals surface area contributed by atoms with Crippen LogP contribution in [-0.4, -0.2) is 24.7 Å². The molecule has 31 heavy (non-hydrogen) atoms. The Bertz CT molecular complexity index is 1300. The van der Waals surface area contributed by atoms with Gasteiger partial charge in [0.15, 0.2) is 11.0 Å². The molecule has 2 aromatic carbocycles. The van der Waals surface area contributed by atoms with Crippen LogP contribution in [0.5, 0.6) is 0 Å². The minimum Gasteiger partial charge on any atom is -0.270 e. The standard InChI is InChI=1S/C24H19N5S2/c1-17-8-5-6-12-21(17)29-22(19-11-7-13-25-14-19)27-28-24(29)31-16-20-15-30-23(26-20)18-9-3-2-4-10-18/h2-15H,16H2,1H3. The van der Waals surface area contributed by atoms with Crippen LogP contribution in [0.15, 0.2) is 89.7 Å². The first-order chi connectivity index (χ1) is 15.3. The molecule has 0 fully saturated rings. The van der Waals surface area contributed by atoms with E-state index in [0.717, 1.165) is 49.8 Å². The average Bonchev–Trinajstić information content (AvgIpc) is 3.46. The van der Waals surface area contributed by atoms with Gasteiger partial charge in [-0.1, -0.05) is 60.3 Å². The van der Waals surface area contributed by atoms with E-state index in [2.05, 4.69) is 56.3 Å². The lowest BCUT2D eigenvalue weighted by atomic mass is 10.2. The summed E-state index contributed by atoms with van der Waals surface area (Å²) in [5, 5.41) is 13.0. The fraction of sp³-hybridized carbons (Fsp3) is 0.0833. The fourth-order valence-electron chi connectivity index (χ4n) is 3.30. The molecule has 0 atom stereocenters. The first-order valence-electron chi connectivity index (χ1n) is 9.84. The Kier molecular flexibility index (Phi) is 5.60. The third-order valence-corrected chi connectivity index (χ3v) is 6.73. The summed E-state index contributed by atoms with van der Waals surface area (Å²) < 4.78 is 2.11. The molecular weight excluding hydrogens is 422 g/mol. The summed E-state index contributed by atoms with van der Waals surface area (Å²) in [4.78, 5) is 9.07. The molecule has 5 nitrogen and oxygen atoms in total. The van der Waals surface area contributed by atoms with Crippen molar-refractivity contribution in [3.05, 3.63) is 95.8 Å². The second-order valence-corrected chi connectivity index (χ2v) is 8.77. The van der Waals surface area contributed by atoms with E-state index in [-0.39, 0.29) is 0 Å². The number of aryl methyl sites for hydroxylation is 1. The number of nitrogens with zero attached hydrogens (tertiary/aromatic N) is 5. The molecule has 152 valence electrons. The lowest BCUT2D eigenvalue weighted by Gasteiger charge is -2.12. The zero-order valence-corrected chi connectivity index (χ0v) is 18.5. The van der Waals surface area contributed by atoms with Crippen molar-refractivity contribution in [2.24, 2.45) is 0 Å². The van der Waals surface area contributed by atoms with E-state index in [1.807, 2.05) is 48.7 Å². The highest BCUT2D eigenvalue weighted by Crippen LogP contribution is 2.32. The molecule has 0 N–H and O–H groups in total. The molecule has 0 aliphatic carbocycles. The summed E-state index contributed by atoms with van der Waals surface area (Å²) in [5.74, 6) is 1.51. The lowest BCUT2D eigenvalue weighted by molar-refractivity contribution is 0.879. The molecule has 3 heterocycles. The number of rotatable bonds is 6. The summed E-state index contributed by atoms with van der Waals surface area (Å²) >= 11 is 3.31. The monoisotopic (exact) mass is 441 g/mol. The third-order valence-electron chi connectivity index (χ3n) is 4.83. The highest BCUT2D eigenvalue weighted by molar-refractivity contribution is 7.98. The first kappa shape index (κ1) is 19.7. The predicted molar refractivity (Wildman–Crippen MR) is 126 cm³/mol. The van der Waals surface area contributed by atoms with Gasteiger partial charge in [-0.05, 0) is 30.7 Å². The topological polar surface area (TPSA) is 56.5 Å². The number of hydrogen-bond acceptors (Lipinski definition) is 6. The van der Waals surface area contributed by atoms with Crippen LogP contribution < -0.4 is 0 Å². The average molecular weight is 442 g/mol. The maximum atomic E-state index is 4.81. The van der Waals surface area contributed by atoms with E-state index in [9.17, 15) is 0 Å². The summed E-state index contributed by atoms with van der Waals surface area (Å²) in [6.07, 6.45) is 3.58. The molecule has 0 radical (unpaired) electrons. The van der Waals surface area contributed by atoms with Crippen LogP contribution in [-0.2, 0) is 5.75 Å². The Balaban J connectivity index is 1.47. The highest BCUT2D eigenvalue weighted by atomic mass is 32.2. The molecule has 0 amide bonds. The van der Waals surface area contributed by atoms with Crippen molar-refractivity contribution in [2.45, 2.75) is 17.8 Å². The molecule has 0 unspecified atom stereocenters. The fourth-order valence-corrected chi connectivity index (χ4v) is 5.07. The van der Waals surface area contributed by atoms with E-state index >= 15 is 0 Å². The number of pyridine rings is 1. The van der Waals surface area contributed by atoms with Gasteiger partial charge in [-0.25, -0.2) is 4.98 Å². The number of benzene rings is 2. The molecule has 0 saturated heterocycles. The predicted octanol–water partition coefficient (Wildman–Crippen LogP) is 6.05. The van der Waals surface area contributed by atoms with Crippen molar-refractivity contribution in [1.29, 1.82) is 0 Å². The number of para-hydroxylation sites is 1. The van der Waals surface area contributed by atoms with Gasteiger partial charge in [0.25, 0.3) is 0 Å². The molecule has 0 bridgehead atoms. The maximum Gasteiger partial charge on any atom is 0.196 e. The quantitative estimate of drug-likeness (QED) is 0.300. The molecule has 5 aromatic rings. The summed E-state index contributed by atoms with van der Waals surface area (Å²) in [6.45, 7) is 2.10. The molecule has 7 heteroatoms. The van der Waals surface area contributed by atoms with Crippen LogP contribution >= 0.6 is 23.1 Å². The minimum absolute atomic E-state index is 0.723. The zero-order chi connectivity index (χ0) is 21.0. The van der Waals surface area contributed by atoms with Gasteiger partial charge in [0.05, 0.1) is 11.4 Å². The lowest BCUT2D eigenvalue weighted by Crippen LogP contribution is -2.02. The third kappa shape index (κ3) is 4.15. The van der Waals surface area contributed by atoms with Crippen molar-refractivity contribution in [3.63, 3.8) is 0 Å². The second kappa shape index (κ2) is 8.83. The Hall–Kier alpha value is -3.29. The van der Waals surface area contributed by atoms with Gasteiger partial charge in [0.2, 0.25) is 0 Å². The Morgan fingerprint density at radius 3 is 2.52 bits per heavy atom. The van der Waals surface area contributed by atoms with Gasteiger partial charge >= 0.3 is 0 Å². The maximum absolute atomic E-state index is 4.81. The number of hydrogen-bond donors (Lipinski definition) is 0. The van der Waals surface area contributed by atoms with Crippen molar-refractivity contribution in [1.82, 2.24) is 24.7 Å². The molecule has 5 rings (SSSR count). The van der Waals surface area contributed by atoms with E-state index < -0.39 is 0 Å². The van der Waals surface area contributed by atoms with Crippen LogP contribution in [0.1, 0.15) is 11.3 Å². The first-order valence-corrected chi connectivity index (χ1v) is 11.7. The summed E-state index contributed by atoms with van der Waals surface area (Å²) in [7, 11) is 0. The smallest absolute Gasteiger partial charge is 0.196 e. The Labute approximate surface area is 188 Å². The number of thioether (sulfide) groups is 1. The second-order valence-electron chi connectivity index (χ2n) is 6.97. The van der Waals surface area contributed by atoms with Gasteiger partial charge < -0.3 is 0 Å². The van der Waals surface area contributed by atoms with Gasteiger partial charge in [0, 0.05) is 34.7 Å². The number of aromatic nitrogens is 5. The van der Waals surface area contributed by atoms with Gasteiger partial charge in [-0.3, -0.25) is 9.55 Å². The molecule has 0 aliphatic rings. The van der Waals surface area contributed by atoms with E-state index in [0.29, 0.717) is 0 Å². The van der Waals surface area contributed by atoms with Crippen LogP contribution in [0.3, 0.4) is 0 Å². The van der Waals surface area contributed by atoms with Crippen molar-refractivity contribution in [3.8, 4) is 27.6 Å². The Morgan fingerprint density at radius 2 is 1.71 bits per heavy atom. The van der Waals surface area contributed by atoms with E-state index in [1.54, 1.807) is 29.3 Å². The number of thiazole rings is 1. The van der Waals surface area contributed by atoms with Gasteiger partial charge in [-0.15, -0.1) is 21.5 Å². The normalized spacial score (nSPS) is 11.0. The van der Waals surface area contributed by atoms with Crippen LogP contribution in [0.25, 0.3) is 27.6 Å². The van der Waals surface area contributed by atoms with Crippen LogP contribution in [0.2, 0.25) is 0 Å². The van der Waals surface area contributed by atoms with Crippen molar-refractivity contribution >= 4 is 23.1 Å². The van der Waals surface area contributed by atoms with Gasteiger partial charge in [0.1, 0.15) is 5.01 Å². The van der Waals surface area contributed by atoms with Gasteiger partial charge in [-0.2, -0.15) is 0 Å². The van der Waals surface area contributed by atoms with E-state index in [1.165, 1.54) is 0 Å². The zero-order valence-electron chi connectivity index (χ0n) is 16.8. The summed E-state index contributed by atoms with van der Waals surface area (Å²) in [5.41, 5.74) is 5.35. The SMILES string of the molecule is Cc1ccccc1-n1c(SCc2csc(-c3ccccc3)n2)nnc1-c1cccnc1. The largest absolute Gasteiger partial charge is 0.270 e. The molecular formula is C24H19N5S2. The van der Waals surface area contributed by atoms with E-state index in [4.69, 9.17) is 4.98 Å². The van der Waals surface area contributed by atoms with Crippen molar-refractivity contribution < 1.29 is 0 Å². The van der Waals surface area contributed by atoms with Crippen LogP contribution in [0, 0.1) is 6.92 Å². The van der Waals surface area contributed by atoms with Crippen molar-refractivity contribution in [2.75, 3.05) is 0 Å². The van der Waals surface area contributed by atoms with Crippen LogP contribution in [0.4, 0.5) is 0 Å². The molecule has 0 saturated carbocycles. The highest BCUT2D eigenvalue weighted by Gasteiger charge is 2.18. The molecule has 0 spiro atoms. The Morgan fingerprint density at radius 1 is 0.903 bits per heavy atom. The summed E-state index contributed by atoms with van der Waals surface area (Å²) in [6, 6.07) is 22.5. The molecule has 0 aliphatic heterocycles.